The molecule has 2 aromatic rings. The van der Waals surface area contributed by atoms with E-state index in [9.17, 15) is 13.6 Å². The van der Waals surface area contributed by atoms with Crippen LogP contribution in [0.2, 0.25) is 0 Å². The highest BCUT2D eigenvalue weighted by molar-refractivity contribution is 5.95. The molecule has 4 nitrogen and oxygen atoms in total. The second kappa shape index (κ2) is 10.2. The third-order valence-corrected chi connectivity index (χ3v) is 6.53. The normalized spacial score (nSPS) is 20.2. The molecule has 0 aliphatic carbocycles. The molecule has 2 aliphatic heterocycles. The molecule has 2 saturated heterocycles. The van der Waals surface area contributed by atoms with Gasteiger partial charge in [0.2, 0.25) is 0 Å². The lowest BCUT2D eigenvalue weighted by Gasteiger charge is -2.34. The molecular formula is C27H34F2N2O2. The minimum absolute atomic E-state index is 0.107. The van der Waals surface area contributed by atoms with Gasteiger partial charge in [0.1, 0.15) is 17.6 Å². The molecule has 0 N–H and O–H groups in total. The molecule has 6 heteroatoms. The highest BCUT2D eigenvalue weighted by Gasteiger charge is 2.27. The zero-order chi connectivity index (χ0) is 23.4. The van der Waals surface area contributed by atoms with E-state index in [0.29, 0.717) is 37.6 Å². The van der Waals surface area contributed by atoms with E-state index >= 15 is 0 Å². The summed E-state index contributed by atoms with van der Waals surface area (Å²) in [6, 6.07) is 15.5. The monoisotopic (exact) mass is 456 g/mol. The Balaban J connectivity index is 1.26. The molecule has 4 rings (SSSR count). The standard InChI is InChI=1S/C27H34F2N2O2/c1-27(2,29)19-30-14-11-20(12-15-30)18-33-25-9-7-22(8-10-25)21-3-5-23(6-4-21)26(32)31-16-13-24(28)17-31/h3-10,20,24H,11-19H2,1-2H3/t24-/m1/s1. The Hall–Kier alpha value is -2.47. The number of benzene rings is 2. The molecule has 2 aliphatic rings. The molecule has 1 atom stereocenters. The predicted molar refractivity (Wildman–Crippen MR) is 127 cm³/mol. The first-order chi connectivity index (χ1) is 15.8. The molecule has 0 radical (unpaired) electrons. The Labute approximate surface area is 195 Å². The second-order valence-corrected chi connectivity index (χ2v) is 9.99. The Morgan fingerprint density at radius 3 is 2.12 bits per heavy atom. The fraction of sp³-hybridized carbons (Fsp3) is 0.519. The Kier molecular flexibility index (Phi) is 7.32. The molecule has 0 bridgehead atoms. The van der Waals surface area contributed by atoms with E-state index in [2.05, 4.69) is 4.90 Å². The van der Waals surface area contributed by atoms with Gasteiger partial charge < -0.3 is 14.5 Å². The van der Waals surface area contributed by atoms with Gasteiger partial charge in [-0.25, -0.2) is 8.78 Å². The van der Waals surface area contributed by atoms with Gasteiger partial charge in [-0.1, -0.05) is 24.3 Å². The highest BCUT2D eigenvalue weighted by atomic mass is 19.1. The summed E-state index contributed by atoms with van der Waals surface area (Å²) in [5.41, 5.74) is 1.52. The first-order valence-electron chi connectivity index (χ1n) is 11.9. The average Bonchev–Trinajstić information content (AvgIpc) is 3.24. The van der Waals surface area contributed by atoms with Gasteiger partial charge in [-0.15, -0.1) is 0 Å². The van der Waals surface area contributed by atoms with Crippen molar-refractivity contribution in [1.82, 2.24) is 9.80 Å². The molecule has 1 amide bonds. The van der Waals surface area contributed by atoms with Crippen molar-refractivity contribution in [3.05, 3.63) is 54.1 Å². The van der Waals surface area contributed by atoms with Crippen molar-refractivity contribution in [2.24, 2.45) is 5.92 Å². The van der Waals surface area contributed by atoms with Gasteiger partial charge in [0, 0.05) is 18.7 Å². The zero-order valence-corrected chi connectivity index (χ0v) is 19.6. The van der Waals surface area contributed by atoms with Gasteiger partial charge in [-0.2, -0.15) is 0 Å². The molecule has 0 aromatic heterocycles. The number of piperidine rings is 1. The van der Waals surface area contributed by atoms with E-state index in [4.69, 9.17) is 4.74 Å². The average molecular weight is 457 g/mol. The first kappa shape index (κ1) is 23.7. The van der Waals surface area contributed by atoms with Crippen LogP contribution in [0.4, 0.5) is 8.78 Å². The SMILES string of the molecule is CC(C)(F)CN1CCC(COc2ccc(-c3ccc(C(=O)N4CC[C@@H](F)C4)cc3)cc2)CC1. The summed E-state index contributed by atoms with van der Waals surface area (Å²) in [5, 5.41) is 0. The van der Waals surface area contributed by atoms with E-state index in [1.807, 2.05) is 48.5 Å². The summed E-state index contributed by atoms with van der Waals surface area (Å²) >= 11 is 0. The third kappa shape index (κ3) is 6.53. The zero-order valence-electron chi connectivity index (χ0n) is 19.6. The summed E-state index contributed by atoms with van der Waals surface area (Å²) in [7, 11) is 0. The van der Waals surface area contributed by atoms with Crippen LogP contribution in [-0.4, -0.2) is 66.9 Å². The molecule has 2 fully saturated rings. The third-order valence-electron chi connectivity index (χ3n) is 6.53. The highest BCUT2D eigenvalue weighted by Crippen LogP contribution is 2.26. The van der Waals surface area contributed by atoms with Crippen LogP contribution in [0.15, 0.2) is 48.5 Å². The summed E-state index contributed by atoms with van der Waals surface area (Å²) in [5.74, 6) is 1.23. The van der Waals surface area contributed by atoms with E-state index in [1.54, 1.807) is 18.7 Å². The maximum atomic E-state index is 13.8. The lowest BCUT2D eigenvalue weighted by atomic mass is 9.97. The van der Waals surface area contributed by atoms with Crippen LogP contribution in [0.3, 0.4) is 0 Å². The van der Waals surface area contributed by atoms with Gasteiger partial charge in [0.25, 0.3) is 5.91 Å². The number of hydrogen-bond donors (Lipinski definition) is 0. The van der Waals surface area contributed by atoms with E-state index in [-0.39, 0.29) is 12.5 Å². The van der Waals surface area contributed by atoms with Gasteiger partial charge >= 0.3 is 0 Å². The van der Waals surface area contributed by atoms with Crippen LogP contribution in [-0.2, 0) is 0 Å². The Morgan fingerprint density at radius 2 is 1.58 bits per heavy atom. The number of nitrogens with zero attached hydrogens (tertiary/aromatic N) is 2. The van der Waals surface area contributed by atoms with Crippen molar-refractivity contribution in [3.8, 4) is 16.9 Å². The largest absolute Gasteiger partial charge is 0.493 e. The molecular weight excluding hydrogens is 422 g/mol. The van der Waals surface area contributed by atoms with E-state index < -0.39 is 11.8 Å². The lowest BCUT2D eigenvalue weighted by molar-refractivity contribution is 0.0782. The number of carbonyl (C=O) groups excluding carboxylic acids is 1. The number of rotatable bonds is 7. The van der Waals surface area contributed by atoms with Crippen molar-refractivity contribution in [3.63, 3.8) is 0 Å². The number of alkyl halides is 2. The minimum atomic E-state index is -1.15. The van der Waals surface area contributed by atoms with Crippen LogP contribution >= 0.6 is 0 Å². The number of hydrogen-bond acceptors (Lipinski definition) is 3. The minimum Gasteiger partial charge on any atom is -0.493 e. The topological polar surface area (TPSA) is 32.8 Å². The quantitative estimate of drug-likeness (QED) is 0.561. The smallest absolute Gasteiger partial charge is 0.253 e. The van der Waals surface area contributed by atoms with Crippen LogP contribution in [0.1, 0.15) is 43.5 Å². The number of amides is 1. The number of ether oxygens (including phenoxy) is 1. The number of carbonyl (C=O) groups is 1. The molecule has 0 saturated carbocycles. The summed E-state index contributed by atoms with van der Waals surface area (Å²) < 4.78 is 33.2. The summed E-state index contributed by atoms with van der Waals surface area (Å²) in [6.45, 7) is 6.96. The summed E-state index contributed by atoms with van der Waals surface area (Å²) in [4.78, 5) is 16.3. The van der Waals surface area contributed by atoms with Crippen molar-refractivity contribution in [2.75, 3.05) is 39.3 Å². The maximum Gasteiger partial charge on any atom is 0.253 e. The fourth-order valence-electron chi connectivity index (χ4n) is 4.69. The van der Waals surface area contributed by atoms with Crippen molar-refractivity contribution < 1.29 is 18.3 Å². The van der Waals surface area contributed by atoms with Crippen molar-refractivity contribution in [1.29, 1.82) is 0 Å². The lowest BCUT2D eigenvalue weighted by Crippen LogP contribution is -2.41. The first-order valence-corrected chi connectivity index (χ1v) is 11.9. The maximum absolute atomic E-state index is 13.8. The number of likely N-dealkylation sites (tertiary alicyclic amines) is 2. The number of halogens is 2. The van der Waals surface area contributed by atoms with Gasteiger partial charge in [-0.3, -0.25) is 4.79 Å². The molecule has 178 valence electrons. The van der Waals surface area contributed by atoms with Gasteiger partial charge in [0.15, 0.2) is 0 Å². The van der Waals surface area contributed by atoms with Gasteiger partial charge in [-0.05, 0) is 87.5 Å². The molecule has 0 unspecified atom stereocenters. The Bertz CT molecular complexity index is 917. The summed E-state index contributed by atoms with van der Waals surface area (Å²) in [6.07, 6.45) is 1.58. The molecule has 0 spiro atoms. The van der Waals surface area contributed by atoms with Crippen LogP contribution < -0.4 is 4.74 Å². The second-order valence-electron chi connectivity index (χ2n) is 9.99. The molecule has 2 heterocycles. The molecule has 33 heavy (non-hydrogen) atoms. The predicted octanol–water partition coefficient (Wildman–Crippen LogP) is 5.38. The van der Waals surface area contributed by atoms with Crippen molar-refractivity contribution >= 4 is 5.91 Å². The van der Waals surface area contributed by atoms with Crippen LogP contribution in [0.5, 0.6) is 5.75 Å². The van der Waals surface area contributed by atoms with Gasteiger partial charge in [0.05, 0.1) is 13.2 Å². The van der Waals surface area contributed by atoms with Crippen molar-refractivity contribution in [2.45, 2.75) is 45.0 Å². The fourth-order valence-corrected chi connectivity index (χ4v) is 4.69. The van der Waals surface area contributed by atoms with Crippen LogP contribution in [0.25, 0.3) is 11.1 Å². The van der Waals surface area contributed by atoms with Crippen LogP contribution in [0, 0.1) is 5.92 Å². The van der Waals surface area contributed by atoms with E-state index in [0.717, 1.165) is 42.8 Å². The molecule has 2 aromatic carbocycles. The van der Waals surface area contributed by atoms with E-state index in [1.165, 1.54) is 0 Å². The Morgan fingerprint density at radius 1 is 0.970 bits per heavy atom.